The van der Waals surface area contributed by atoms with Crippen molar-refractivity contribution >= 4 is 11.5 Å². The average Bonchev–Trinajstić information content (AvgIpc) is 2.25. The molecule has 0 heterocycles. The van der Waals surface area contributed by atoms with Gasteiger partial charge in [-0.15, -0.1) is 0 Å². The molecule has 0 aliphatic carbocycles. The minimum Gasteiger partial charge on any atom is -0.409 e. The second-order valence-electron chi connectivity index (χ2n) is 3.35. The topological polar surface area (TPSA) is 70.6 Å². The highest BCUT2D eigenvalue weighted by Gasteiger charge is 2.06. The number of anilines is 1. The number of nitrogens with two attached hydrogens (primary N) is 1. The number of aryl methyl sites for hydroxylation is 1. The van der Waals surface area contributed by atoms with Crippen molar-refractivity contribution in [3.8, 4) is 0 Å². The molecule has 1 aromatic carbocycles. The Bertz CT molecular complexity index is 407. The molecular weight excluding hydrogens is 216 g/mol. The van der Waals surface area contributed by atoms with Gasteiger partial charge in [0.05, 0.1) is 5.69 Å². The van der Waals surface area contributed by atoms with Gasteiger partial charge in [0.2, 0.25) is 0 Å². The molecule has 0 saturated heterocycles. The third kappa shape index (κ3) is 3.08. The molecule has 6 heteroatoms. The fourth-order valence-electron chi connectivity index (χ4n) is 1.16. The van der Waals surface area contributed by atoms with Crippen LogP contribution in [0.5, 0.6) is 0 Å². The first-order valence-corrected chi connectivity index (χ1v) is 4.70. The number of nitrogens with one attached hydrogen (secondary N) is 1. The van der Waals surface area contributed by atoms with Crippen LogP contribution in [0.3, 0.4) is 0 Å². The minimum absolute atomic E-state index is 0.0282. The van der Waals surface area contributed by atoms with Crippen molar-refractivity contribution in [1.82, 2.24) is 0 Å². The van der Waals surface area contributed by atoms with Crippen LogP contribution in [0.25, 0.3) is 0 Å². The molecule has 0 unspecified atom stereocenters. The molecule has 0 amide bonds. The first-order chi connectivity index (χ1) is 7.54. The van der Waals surface area contributed by atoms with E-state index < -0.39 is 11.6 Å². The van der Waals surface area contributed by atoms with Gasteiger partial charge in [0.15, 0.2) is 0 Å². The summed E-state index contributed by atoms with van der Waals surface area (Å²) < 4.78 is 26.4. The van der Waals surface area contributed by atoms with E-state index in [4.69, 9.17) is 10.9 Å². The summed E-state index contributed by atoms with van der Waals surface area (Å²) >= 11 is 0. The Hall–Kier alpha value is -1.85. The summed E-state index contributed by atoms with van der Waals surface area (Å²) in [5.74, 6) is -0.980. The average molecular weight is 229 g/mol. The van der Waals surface area contributed by atoms with E-state index in [1.165, 1.54) is 6.92 Å². The van der Waals surface area contributed by atoms with Gasteiger partial charge >= 0.3 is 0 Å². The van der Waals surface area contributed by atoms with E-state index in [9.17, 15) is 8.78 Å². The largest absolute Gasteiger partial charge is 0.409 e. The predicted octanol–water partition coefficient (Wildman–Crippen LogP) is 1.82. The third-order valence-electron chi connectivity index (χ3n) is 2.07. The van der Waals surface area contributed by atoms with Crippen molar-refractivity contribution in [3.05, 3.63) is 29.3 Å². The zero-order valence-corrected chi connectivity index (χ0v) is 8.80. The van der Waals surface area contributed by atoms with Gasteiger partial charge in [-0.2, -0.15) is 0 Å². The third-order valence-corrected chi connectivity index (χ3v) is 2.07. The molecule has 0 radical (unpaired) electrons. The molecule has 0 fully saturated rings. The summed E-state index contributed by atoms with van der Waals surface area (Å²) in [5, 5.41) is 13.7. The van der Waals surface area contributed by atoms with E-state index in [1.54, 1.807) is 0 Å². The molecule has 88 valence electrons. The molecule has 1 aromatic rings. The van der Waals surface area contributed by atoms with Crippen LogP contribution >= 0.6 is 0 Å². The number of nitrogens with zero attached hydrogens (tertiary/aromatic N) is 1. The lowest BCUT2D eigenvalue weighted by atomic mass is 10.2. The standard InChI is InChI=1S/C10H13F2N3O/c1-6-4-8(12)9(5-7(6)11)14-3-2-10(13)15-16/h4-5,14,16H,2-3H2,1H3,(H2,13,15). The Morgan fingerprint density at radius 2 is 2.12 bits per heavy atom. The number of amidine groups is 1. The highest BCUT2D eigenvalue weighted by atomic mass is 19.1. The lowest BCUT2D eigenvalue weighted by molar-refractivity contribution is 0.317. The molecule has 0 aliphatic heterocycles. The number of oxime groups is 1. The molecule has 0 aromatic heterocycles. The van der Waals surface area contributed by atoms with Gasteiger partial charge in [-0.1, -0.05) is 5.16 Å². The van der Waals surface area contributed by atoms with E-state index in [1.807, 2.05) is 0 Å². The Kier molecular flexibility index (Phi) is 4.04. The van der Waals surface area contributed by atoms with Crippen LogP contribution in [0.15, 0.2) is 17.3 Å². The first-order valence-electron chi connectivity index (χ1n) is 4.70. The van der Waals surface area contributed by atoms with Gasteiger partial charge in [0.25, 0.3) is 0 Å². The highest BCUT2D eigenvalue weighted by molar-refractivity contribution is 5.80. The van der Waals surface area contributed by atoms with Gasteiger partial charge in [0, 0.05) is 19.0 Å². The van der Waals surface area contributed by atoms with Crippen LogP contribution in [0, 0.1) is 18.6 Å². The molecule has 0 aliphatic rings. The van der Waals surface area contributed by atoms with Crippen molar-refractivity contribution in [1.29, 1.82) is 0 Å². The summed E-state index contributed by atoms with van der Waals surface area (Å²) in [6.07, 6.45) is 0.242. The minimum atomic E-state index is -0.529. The van der Waals surface area contributed by atoms with E-state index in [0.717, 1.165) is 12.1 Å². The zero-order valence-electron chi connectivity index (χ0n) is 8.80. The summed E-state index contributed by atoms with van der Waals surface area (Å²) in [5.41, 5.74) is 5.53. The maximum absolute atomic E-state index is 13.3. The maximum Gasteiger partial charge on any atom is 0.146 e. The summed E-state index contributed by atoms with van der Waals surface area (Å²) in [6.45, 7) is 1.74. The molecular formula is C10H13F2N3O. The summed E-state index contributed by atoms with van der Waals surface area (Å²) in [7, 11) is 0. The van der Waals surface area contributed by atoms with Crippen molar-refractivity contribution in [2.24, 2.45) is 10.9 Å². The SMILES string of the molecule is Cc1cc(F)c(NCC/C(N)=N/O)cc1F. The van der Waals surface area contributed by atoms with Crippen LogP contribution in [0.4, 0.5) is 14.5 Å². The lowest BCUT2D eigenvalue weighted by Crippen LogP contribution is -2.17. The Morgan fingerprint density at radius 3 is 2.75 bits per heavy atom. The fourth-order valence-corrected chi connectivity index (χ4v) is 1.16. The Balaban J connectivity index is 2.64. The van der Waals surface area contributed by atoms with Gasteiger partial charge < -0.3 is 16.3 Å². The summed E-state index contributed by atoms with van der Waals surface area (Å²) in [4.78, 5) is 0. The van der Waals surface area contributed by atoms with E-state index in [2.05, 4.69) is 10.5 Å². The fraction of sp³-hybridized carbons (Fsp3) is 0.300. The van der Waals surface area contributed by atoms with Gasteiger partial charge in [-0.05, 0) is 18.6 Å². The molecule has 0 atom stereocenters. The summed E-state index contributed by atoms with van der Waals surface area (Å²) in [6, 6.07) is 2.19. The van der Waals surface area contributed by atoms with Crippen LogP contribution in [0.2, 0.25) is 0 Å². The van der Waals surface area contributed by atoms with Crippen LogP contribution in [-0.2, 0) is 0 Å². The quantitative estimate of drug-likeness (QED) is 0.319. The number of benzene rings is 1. The molecule has 16 heavy (non-hydrogen) atoms. The van der Waals surface area contributed by atoms with E-state index in [-0.39, 0.29) is 30.1 Å². The van der Waals surface area contributed by atoms with Crippen molar-refractivity contribution in [2.75, 3.05) is 11.9 Å². The van der Waals surface area contributed by atoms with Gasteiger partial charge in [-0.25, -0.2) is 8.78 Å². The van der Waals surface area contributed by atoms with Crippen molar-refractivity contribution in [3.63, 3.8) is 0 Å². The van der Waals surface area contributed by atoms with Gasteiger partial charge in [0.1, 0.15) is 17.5 Å². The Labute approximate surface area is 91.8 Å². The first kappa shape index (κ1) is 12.2. The zero-order chi connectivity index (χ0) is 12.1. The molecule has 4 nitrogen and oxygen atoms in total. The maximum atomic E-state index is 13.3. The monoisotopic (exact) mass is 229 g/mol. The Morgan fingerprint density at radius 1 is 1.44 bits per heavy atom. The van der Waals surface area contributed by atoms with Crippen LogP contribution in [-0.4, -0.2) is 17.6 Å². The normalized spacial score (nSPS) is 11.6. The van der Waals surface area contributed by atoms with Crippen LogP contribution in [0.1, 0.15) is 12.0 Å². The van der Waals surface area contributed by atoms with E-state index in [0.29, 0.717) is 0 Å². The molecule has 0 bridgehead atoms. The number of hydrogen-bond acceptors (Lipinski definition) is 3. The second-order valence-corrected chi connectivity index (χ2v) is 3.35. The van der Waals surface area contributed by atoms with Crippen LogP contribution < -0.4 is 11.1 Å². The van der Waals surface area contributed by atoms with Crippen molar-refractivity contribution in [2.45, 2.75) is 13.3 Å². The smallest absolute Gasteiger partial charge is 0.146 e. The van der Waals surface area contributed by atoms with Crippen molar-refractivity contribution < 1.29 is 14.0 Å². The predicted molar refractivity (Wildman–Crippen MR) is 57.6 cm³/mol. The number of rotatable bonds is 4. The molecule has 0 saturated carbocycles. The number of hydrogen-bond donors (Lipinski definition) is 3. The molecule has 4 N–H and O–H groups in total. The van der Waals surface area contributed by atoms with Gasteiger partial charge in [-0.3, -0.25) is 0 Å². The highest BCUT2D eigenvalue weighted by Crippen LogP contribution is 2.18. The number of halogens is 2. The lowest BCUT2D eigenvalue weighted by Gasteiger charge is -2.08. The molecule has 1 rings (SSSR count). The second kappa shape index (κ2) is 5.29. The van der Waals surface area contributed by atoms with E-state index >= 15 is 0 Å². The molecule has 0 spiro atoms.